The largest absolute Gasteiger partial charge is 0.487 e. The fourth-order valence-electron chi connectivity index (χ4n) is 2.50. The maximum absolute atomic E-state index is 12.3. The van der Waals surface area contributed by atoms with Crippen LogP contribution in [0, 0.1) is 0 Å². The van der Waals surface area contributed by atoms with E-state index in [1.54, 1.807) is 17.8 Å². The van der Waals surface area contributed by atoms with Crippen LogP contribution in [-0.4, -0.2) is 6.61 Å². The Bertz CT molecular complexity index is 926. The lowest BCUT2D eigenvalue weighted by molar-refractivity contribution is 0.390. The van der Waals surface area contributed by atoms with Crippen molar-refractivity contribution in [1.82, 2.24) is 0 Å². The van der Waals surface area contributed by atoms with Gasteiger partial charge in [-0.1, -0.05) is 42.1 Å². The highest BCUT2D eigenvalue weighted by Gasteiger charge is 2.25. The highest BCUT2D eigenvalue weighted by molar-refractivity contribution is 8.02. The number of para-hydroxylation sites is 1. The van der Waals surface area contributed by atoms with E-state index in [2.05, 4.69) is 0 Å². The molecule has 0 saturated carbocycles. The van der Waals surface area contributed by atoms with E-state index in [0.717, 1.165) is 15.9 Å². The quantitative estimate of drug-likeness (QED) is 0.522. The molecule has 0 bridgehead atoms. The Balaban J connectivity index is 1.79. The summed E-state index contributed by atoms with van der Waals surface area (Å²) in [5.74, 6) is 0.631. The molecular weight excluding hydrogens is 296 g/mol. The zero-order valence-corrected chi connectivity index (χ0v) is 12.4. The minimum absolute atomic E-state index is 0.342. The van der Waals surface area contributed by atoms with E-state index in [9.17, 15) is 4.79 Å². The number of fused-ring (bicyclic) bond motifs is 3. The number of rotatable bonds is 2. The van der Waals surface area contributed by atoms with Crippen molar-refractivity contribution in [3.8, 4) is 5.75 Å². The molecule has 0 unspecified atom stereocenters. The Labute approximate surface area is 131 Å². The van der Waals surface area contributed by atoms with Crippen molar-refractivity contribution in [2.24, 2.45) is 0 Å². The zero-order chi connectivity index (χ0) is 14.9. The molecule has 4 heteroatoms. The molecule has 1 aliphatic rings. The van der Waals surface area contributed by atoms with E-state index in [-0.39, 0.29) is 5.63 Å². The molecule has 0 atom stereocenters. The van der Waals surface area contributed by atoms with Gasteiger partial charge in [0.15, 0.2) is 0 Å². The standard InChI is InChI=1S/C18H12O3S/c19-18-16-12(11-22-13-6-2-1-3-7-13)10-20-17(16)14-8-4-5-9-15(14)21-18/h1-9,11H,10H2/b12-11+. The smallest absolute Gasteiger partial charge is 0.347 e. The average Bonchev–Trinajstić information content (AvgIpc) is 2.99. The summed E-state index contributed by atoms with van der Waals surface area (Å²) in [6, 6.07) is 17.4. The summed E-state index contributed by atoms with van der Waals surface area (Å²) in [7, 11) is 0. The van der Waals surface area contributed by atoms with Crippen LogP contribution in [-0.2, 0) is 0 Å². The van der Waals surface area contributed by atoms with Gasteiger partial charge in [-0.15, -0.1) is 0 Å². The molecule has 2 heterocycles. The fourth-order valence-corrected chi connectivity index (χ4v) is 3.28. The number of hydrogen-bond donors (Lipinski definition) is 0. The third-order valence-electron chi connectivity index (χ3n) is 3.54. The maximum Gasteiger partial charge on any atom is 0.347 e. The molecule has 2 aromatic carbocycles. The Hall–Kier alpha value is -2.46. The van der Waals surface area contributed by atoms with Crippen LogP contribution < -0.4 is 10.4 Å². The van der Waals surface area contributed by atoms with Crippen molar-refractivity contribution in [1.29, 1.82) is 0 Å². The SMILES string of the molecule is O=c1oc2ccccc2c2c1/C(=C/Sc1ccccc1)CO2. The zero-order valence-electron chi connectivity index (χ0n) is 11.6. The molecule has 108 valence electrons. The van der Waals surface area contributed by atoms with Gasteiger partial charge in [0.05, 0.1) is 5.39 Å². The van der Waals surface area contributed by atoms with Gasteiger partial charge in [-0.05, 0) is 29.7 Å². The van der Waals surface area contributed by atoms with Gasteiger partial charge < -0.3 is 9.15 Å². The normalized spacial score (nSPS) is 15.0. The third-order valence-corrected chi connectivity index (χ3v) is 4.49. The summed E-state index contributed by atoms with van der Waals surface area (Å²) in [5.41, 5.74) is 1.62. The van der Waals surface area contributed by atoms with Gasteiger partial charge in [-0.2, -0.15) is 0 Å². The molecule has 3 nitrogen and oxygen atoms in total. The first-order chi connectivity index (χ1) is 10.8. The summed E-state index contributed by atoms with van der Waals surface area (Å²) in [5, 5.41) is 2.80. The van der Waals surface area contributed by atoms with Crippen LogP contribution in [0.3, 0.4) is 0 Å². The Kier molecular flexibility index (Phi) is 3.24. The monoisotopic (exact) mass is 308 g/mol. The first-order valence-corrected chi connectivity index (χ1v) is 7.80. The molecular formula is C18H12O3S. The third kappa shape index (κ3) is 2.22. The first kappa shape index (κ1) is 13.2. The van der Waals surface area contributed by atoms with Gasteiger partial charge in [-0.25, -0.2) is 4.79 Å². The molecule has 0 spiro atoms. The second-order valence-corrected chi connectivity index (χ2v) is 5.90. The van der Waals surface area contributed by atoms with Crippen molar-refractivity contribution in [3.63, 3.8) is 0 Å². The minimum Gasteiger partial charge on any atom is -0.487 e. The van der Waals surface area contributed by atoms with E-state index >= 15 is 0 Å². The predicted octanol–water partition coefficient (Wildman–Crippen LogP) is 4.32. The van der Waals surface area contributed by atoms with Gasteiger partial charge in [0.25, 0.3) is 0 Å². The number of ether oxygens (including phenoxy) is 1. The lowest BCUT2D eigenvalue weighted by atomic mass is 10.1. The molecule has 0 radical (unpaired) electrons. The highest BCUT2D eigenvalue weighted by Crippen LogP contribution is 2.38. The summed E-state index contributed by atoms with van der Waals surface area (Å²) in [4.78, 5) is 13.4. The lowest BCUT2D eigenvalue weighted by Gasteiger charge is -2.02. The van der Waals surface area contributed by atoms with Gasteiger partial charge in [0, 0.05) is 10.5 Å². The molecule has 1 aromatic heterocycles. The van der Waals surface area contributed by atoms with E-state index in [0.29, 0.717) is 23.5 Å². The highest BCUT2D eigenvalue weighted by atomic mass is 32.2. The van der Waals surface area contributed by atoms with E-state index in [1.165, 1.54) is 0 Å². The Morgan fingerprint density at radius 3 is 2.64 bits per heavy atom. The van der Waals surface area contributed by atoms with Crippen LogP contribution in [0.2, 0.25) is 0 Å². The molecule has 0 saturated heterocycles. The summed E-state index contributed by atoms with van der Waals surface area (Å²) >= 11 is 1.57. The van der Waals surface area contributed by atoms with Crippen LogP contribution >= 0.6 is 11.8 Å². The molecule has 22 heavy (non-hydrogen) atoms. The Morgan fingerprint density at radius 1 is 1.00 bits per heavy atom. The Morgan fingerprint density at radius 2 is 1.77 bits per heavy atom. The molecule has 0 N–H and O–H groups in total. The van der Waals surface area contributed by atoms with Crippen LogP contribution in [0.5, 0.6) is 5.75 Å². The van der Waals surface area contributed by atoms with Crippen molar-refractivity contribution in [3.05, 3.63) is 76.0 Å². The first-order valence-electron chi connectivity index (χ1n) is 6.93. The molecule has 3 aromatic rings. The minimum atomic E-state index is -0.342. The topological polar surface area (TPSA) is 39.4 Å². The second-order valence-electron chi connectivity index (χ2n) is 4.95. The van der Waals surface area contributed by atoms with Crippen LogP contribution in [0.4, 0.5) is 0 Å². The van der Waals surface area contributed by atoms with Gasteiger partial charge in [0.1, 0.15) is 23.5 Å². The van der Waals surface area contributed by atoms with E-state index < -0.39 is 0 Å². The van der Waals surface area contributed by atoms with Crippen molar-refractivity contribution in [2.45, 2.75) is 4.90 Å². The average molecular weight is 308 g/mol. The lowest BCUT2D eigenvalue weighted by Crippen LogP contribution is -2.04. The maximum atomic E-state index is 12.3. The van der Waals surface area contributed by atoms with Crippen molar-refractivity contribution >= 4 is 28.3 Å². The second kappa shape index (κ2) is 5.39. The number of hydrogen-bond acceptors (Lipinski definition) is 4. The number of thioether (sulfide) groups is 1. The fraction of sp³-hybridized carbons (Fsp3) is 0.0556. The molecule has 0 fully saturated rings. The molecule has 1 aliphatic heterocycles. The molecule has 4 rings (SSSR count). The van der Waals surface area contributed by atoms with Crippen molar-refractivity contribution in [2.75, 3.05) is 6.61 Å². The number of benzene rings is 2. The molecule has 0 aliphatic carbocycles. The van der Waals surface area contributed by atoms with Gasteiger partial charge in [0.2, 0.25) is 0 Å². The van der Waals surface area contributed by atoms with E-state index in [1.807, 2.05) is 53.9 Å². The van der Waals surface area contributed by atoms with Gasteiger partial charge in [-0.3, -0.25) is 0 Å². The summed E-state index contributed by atoms with van der Waals surface area (Å²) in [6.45, 7) is 0.397. The summed E-state index contributed by atoms with van der Waals surface area (Å²) in [6.07, 6.45) is 0. The van der Waals surface area contributed by atoms with Crippen molar-refractivity contribution < 1.29 is 9.15 Å². The van der Waals surface area contributed by atoms with Crippen LogP contribution in [0.25, 0.3) is 16.5 Å². The predicted molar refractivity (Wildman–Crippen MR) is 88.3 cm³/mol. The van der Waals surface area contributed by atoms with Crippen LogP contribution in [0.15, 0.2) is 74.1 Å². The summed E-state index contributed by atoms with van der Waals surface area (Å²) < 4.78 is 11.2. The molecule has 0 amide bonds. The van der Waals surface area contributed by atoms with Gasteiger partial charge >= 0.3 is 5.63 Å². The van der Waals surface area contributed by atoms with E-state index in [4.69, 9.17) is 9.15 Å². The van der Waals surface area contributed by atoms with Crippen LogP contribution in [0.1, 0.15) is 5.56 Å².